The van der Waals surface area contributed by atoms with E-state index in [1.165, 1.54) is 18.6 Å². The van der Waals surface area contributed by atoms with Gasteiger partial charge in [0, 0.05) is 44.1 Å². The molecule has 1 aromatic rings. The van der Waals surface area contributed by atoms with Crippen molar-refractivity contribution in [2.75, 3.05) is 38.2 Å². The number of carbonyl (C=O) groups excluding carboxylic acids is 1. The zero-order valence-corrected chi connectivity index (χ0v) is 17.2. The smallest absolute Gasteiger partial charge is 0.321 e. The minimum atomic E-state index is -0.339. The fourth-order valence-corrected chi connectivity index (χ4v) is 4.26. The first-order valence-electron chi connectivity index (χ1n) is 10.7. The molecule has 2 aliphatic rings. The number of hydrogen-bond acceptors (Lipinski definition) is 3. The summed E-state index contributed by atoms with van der Waals surface area (Å²) in [6, 6.07) is 7.05. The Morgan fingerprint density at radius 3 is 2.54 bits per heavy atom. The second kappa shape index (κ2) is 10.2. The zero-order chi connectivity index (χ0) is 19.9. The zero-order valence-electron chi connectivity index (χ0n) is 17.2. The first-order chi connectivity index (χ1) is 13.5. The molecule has 1 N–H and O–H groups in total. The molecule has 2 saturated heterocycles. The van der Waals surface area contributed by atoms with Gasteiger partial charge in [-0.25, -0.2) is 9.18 Å². The maximum atomic E-state index is 13.3. The Hall–Kier alpha value is -1.66. The van der Waals surface area contributed by atoms with E-state index >= 15 is 0 Å². The molecule has 5 nitrogen and oxygen atoms in total. The van der Waals surface area contributed by atoms with Gasteiger partial charge < -0.3 is 15.0 Å². The highest BCUT2D eigenvalue weighted by molar-refractivity contribution is 5.89. The van der Waals surface area contributed by atoms with Crippen LogP contribution in [0.2, 0.25) is 0 Å². The van der Waals surface area contributed by atoms with Crippen LogP contribution in [0.1, 0.15) is 46.0 Å². The van der Waals surface area contributed by atoms with Gasteiger partial charge in [0.1, 0.15) is 5.82 Å². The molecule has 3 rings (SSSR count). The Kier molecular flexibility index (Phi) is 7.68. The molecule has 0 aromatic heterocycles. The largest absolute Gasteiger partial charge is 0.381 e. The molecule has 0 unspecified atom stereocenters. The van der Waals surface area contributed by atoms with Crippen molar-refractivity contribution in [3.8, 4) is 0 Å². The third-order valence-corrected chi connectivity index (χ3v) is 5.92. The summed E-state index contributed by atoms with van der Waals surface area (Å²) < 4.78 is 18.9. The second-order valence-electron chi connectivity index (χ2n) is 8.42. The molecule has 2 fully saturated rings. The van der Waals surface area contributed by atoms with Crippen molar-refractivity contribution in [2.24, 2.45) is 5.92 Å². The van der Waals surface area contributed by atoms with Crippen molar-refractivity contribution in [3.05, 3.63) is 30.1 Å². The molecule has 2 aliphatic heterocycles. The number of amides is 2. The molecule has 156 valence electrons. The molecular formula is C22H34FN3O2. The molecule has 28 heavy (non-hydrogen) atoms. The highest BCUT2D eigenvalue weighted by atomic mass is 19.1. The average Bonchev–Trinajstić information content (AvgIpc) is 2.69. The first-order valence-corrected chi connectivity index (χ1v) is 10.7. The Morgan fingerprint density at radius 1 is 1.21 bits per heavy atom. The van der Waals surface area contributed by atoms with E-state index in [9.17, 15) is 9.18 Å². The Bertz CT molecular complexity index is 626. The van der Waals surface area contributed by atoms with E-state index in [0.717, 1.165) is 58.5 Å². The predicted molar refractivity (Wildman–Crippen MR) is 110 cm³/mol. The van der Waals surface area contributed by atoms with E-state index in [2.05, 4.69) is 24.1 Å². The van der Waals surface area contributed by atoms with Gasteiger partial charge in [0.2, 0.25) is 0 Å². The van der Waals surface area contributed by atoms with Crippen LogP contribution in [-0.4, -0.2) is 60.8 Å². The number of halogens is 1. The topological polar surface area (TPSA) is 44.8 Å². The number of nitrogens with one attached hydrogen (secondary N) is 1. The van der Waals surface area contributed by atoms with Gasteiger partial charge in [-0.15, -0.1) is 0 Å². The van der Waals surface area contributed by atoms with Crippen molar-refractivity contribution in [1.29, 1.82) is 0 Å². The number of benzene rings is 1. The van der Waals surface area contributed by atoms with Gasteiger partial charge >= 0.3 is 6.03 Å². The van der Waals surface area contributed by atoms with Gasteiger partial charge in [0.05, 0.1) is 0 Å². The summed E-state index contributed by atoms with van der Waals surface area (Å²) in [7, 11) is 0. The maximum absolute atomic E-state index is 13.3. The number of piperidine rings is 1. The Morgan fingerprint density at radius 2 is 1.89 bits per heavy atom. The minimum Gasteiger partial charge on any atom is -0.381 e. The highest BCUT2D eigenvalue weighted by Crippen LogP contribution is 2.25. The van der Waals surface area contributed by atoms with Gasteiger partial charge in [-0.3, -0.25) is 4.90 Å². The van der Waals surface area contributed by atoms with Crippen LogP contribution in [0, 0.1) is 11.7 Å². The molecule has 0 radical (unpaired) electrons. The molecule has 0 bridgehead atoms. The Labute approximate surface area is 168 Å². The molecule has 0 aliphatic carbocycles. The third-order valence-electron chi connectivity index (χ3n) is 5.92. The normalized spacial score (nSPS) is 19.4. The fourth-order valence-electron chi connectivity index (χ4n) is 4.26. The van der Waals surface area contributed by atoms with Crippen LogP contribution >= 0.6 is 0 Å². The lowest BCUT2D eigenvalue weighted by Gasteiger charge is -2.44. The lowest BCUT2D eigenvalue weighted by atomic mass is 9.96. The number of anilines is 1. The quantitative estimate of drug-likeness (QED) is 0.784. The molecule has 0 spiro atoms. The highest BCUT2D eigenvalue weighted by Gasteiger charge is 2.31. The lowest BCUT2D eigenvalue weighted by molar-refractivity contribution is 0.00321. The molecule has 2 heterocycles. The van der Waals surface area contributed by atoms with Crippen molar-refractivity contribution in [3.63, 3.8) is 0 Å². The third kappa shape index (κ3) is 5.92. The van der Waals surface area contributed by atoms with Crippen LogP contribution in [-0.2, 0) is 4.74 Å². The number of hydrogen-bond donors (Lipinski definition) is 1. The van der Waals surface area contributed by atoms with Gasteiger partial charge in [0.25, 0.3) is 0 Å². The SMILES string of the molecule is CC(C)CCN(C1CCOCC1)C1CCN(C(=O)Nc2cccc(F)c2)CC1. The summed E-state index contributed by atoms with van der Waals surface area (Å²) >= 11 is 0. The summed E-state index contributed by atoms with van der Waals surface area (Å²) in [5.41, 5.74) is 0.507. The summed E-state index contributed by atoms with van der Waals surface area (Å²) in [6.07, 6.45) is 5.41. The molecule has 6 heteroatoms. The number of likely N-dealkylation sites (tertiary alicyclic amines) is 1. The van der Waals surface area contributed by atoms with Crippen molar-refractivity contribution in [2.45, 2.75) is 58.0 Å². The van der Waals surface area contributed by atoms with E-state index in [1.54, 1.807) is 12.1 Å². The second-order valence-corrected chi connectivity index (χ2v) is 8.42. The van der Waals surface area contributed by atoms with E-state index in [4.69, 9.17) is 4.74 Å². The van der Waals surface area contributed by atoms with Gasteiger partial charge in [-0.05, 0) is 62.8 Å². The van der Waals surface area contributed by atoms with Crippen LogP contribution in [0.5, 0.6) is 0 Å². The van der Waals surface area contributed by atoms with Crippen molar-refractivity contribution in [1.82, 2.24) is 9.80 Å². The number of ether oxygens (including phenoxy) is 1. The summed E-state index contributed by atoms with van der Waals surface area (Å²) in [5, 5.41) is 2.82. The first kappa shape index (κ1) is 21.1. The summed E-state index contributed by atoms with van der Waals surface area (Å²) in [6.45, 7) is 8.89. The monoisotopic (exact) mass is 391 g/mol. The fraction of sp³-hybridized carbons (Fsp3) is 0.682. The van der Waals surface area contributed by atoms with E-state index < -0.39 is 0 Å². The molecule has 0 saturated carbocycles. The standard InChI is InChI=1S/C22H34FN3O2/c1-17(2)6-13-26(21-9-14-28-15-10-21)20-7-11-25(12-8-20)22(27)24-19-5-3-4-18(23)16-19/h3-5,16-17,20-21H,6-15H2,1-2H3,(H,24,27). The number of rotatable bonds is 6. The molecule has 1 aromatic carbocycles. The van der Waals surface area contributed by atoms with E-state index in [-0.39, 0.29) is 11.8 Å². The summed E-state index contributed by atoms with van der Waals surface area (Å²) in [5.74, 6) is 0.355. The van der Waals surface area contributed by atoms with Crippen LogP contribution in [0.4, 0.5) is 14.9 Å². The van der Waals surface area contributed by atoms with Crippen molar-refractivity contribution < 1.29 is 13.9 Å². The molecular weight excluding hydrogens is 357 g/mol. The maximum Gasteiger partial charge on any atom is 0.321 e. The van der Waals surface area contributed by atoms with Gasteiger partial charge in [0.15, 0.2) is 0 Å². The van der Waals surface area contributed by atoms with Gasteiger partial charge in [-0.2, -0.15) is 0 Å². The van der Waals surface area contributed by atoms with Crippen LogP contribution in [0.15, 0.2) is 24.3 Å². The number of carbonyl (C=O) groups is 1. The lowest BCUT2D eigenvalue weighted by Crippen LogP contribution is -2.52. The van der Waals surface area contributed by atoms with Crippen LogP contribution in [0.3, 0.4) is 0 Å². The Balaban J connectivity index is 1.54. The number of nitrogens with zero attached hydrogens (tertiary/aromatic N) is 2. The van der Waals surface area contributed by atoms with Gasteiger partial charge in [-0.1, -0.05) is 19.9 Å². The average molecular weight is 392 g/mol. The van der Waals surface area contributed by atoms with E-state index in [1.807, 2.05) is 4.90 Å². The molecule has 2 amide bonds. The minimum absolute atomic E-state index is 0.135. The molecule has 0 atom stereocenters. The number of urea groups is 1. The van der Waals surface area contributed by atoms with Crippen LogP contribution in [0.25, 0.3) is 0 Å². The predicted octanol–water partition coefficient (Wildman–Crippen LogP) is 4.35. The van der Waals surface area contributed by atoms with E-state index in [0.29, 0.717) is 23.7 Å². The summed E-state index contributed by atoms with van der Waals surface area (Å²) in [4.78, 5) is 17.1. The van der Waals surface area contributed by atoms with Crippen molar-refractivity contribution >= 4 is 11.7 Å². The van der Waals surface area contributed by atoms with Crippen LogP contribution < -0.4 is 5.32 Å².